The number of hydrogen-bond donors (Lipinski definition) is 0. The third-order valence-corrected chi connectivity index (χ3v) is 2.55. The van der Waals surface area contributed by atoms with Crippen molar-refractivity contribution in [3.63, 3.8) is 0 Å². The van der Waals surface area contributed by atoms with Crippen molar-refractivity contribution in [1.82, 2.24) is 0 Å². The molecule has 0 saturated carbocycles. The molecule has 0 saturated heterocycles. The first-order chi connectivity index (χ1) is 7.67. The molecule has 5 heteroatoms. The monoisotopic (exact) mass is 281 g/mol. The quantitative estimate of drug-likeness (QED) is 0.481. The number of alkyl halides is 1. The number of aldehydes is 1. The Bertz CT molecular complexity index is 477. The van der Waals surface area contributed by atoms with Crippen molar-refractivity contribution in [3.05, 3.63) is 28.8 Å². The molecule has 0 aliphatic rings. The van der Waals surface area contributed by atoms with Crippen molar-refractivity contribution in [2.75, 3.05) is 12.4 Å². The van der Waals surface area contributed by atoms with E-state index in [-0.39, 0.29) is 22.2 Å². The number of carbonyl (C=O) groups is 2. The van der Waals surface area contributed by atoms with Gasteiger partial charge in [-0.3, -0.25) is 9.59 Å². The van der Waals surface area contributed by atoms with Gasteiger partial charge in [0.05, 0.1) is 23.6 Å². The Labute approximate surface area is 101 Å². The Morgan fingerprint density at radius 1 is 1.62 bits per heavy atom. The lowest BCUT2D eigenvalue weighted by Crippen LogP contribution is -2.05. The van der Waals surface area contributed by atoms with E-state index in [2.05, 4.69) is 15.9 Å². The zero-order valence-electron chi connectivity index (χ0n) is 8.49. The number of benzene rings is 1. The van der Waals surface area contributed by atoms with Crippen molar-refractivity contribution in [2.24, 2.45) is 0 Å². The second kappa shape index (κ2) is 5.42. The lowest BCUT2D eigenvalue weighted by atomic mass is 10.0. The van der Waals surface area contributed by atoms with Crippen molar-refractivity contribution < 1.29 is 14.3 Å². The molecule has 0 atom stereocenters. The predicted octanol–water partition coefficient (Wildman–Crippen LogP) is 1.96. The van der Waals surface area contributed by atoms with Crippen LogP contribution in [0.3, 0.4) is 0 Å². The summed E-state index contributed by atoms with van der Waals surface area (Å²) in [6, 6.07) is 4.63. The minimum Gasteiger partial charge on any atom is -0.496 e. The molecule has 0 radical (unpaired) electrons. The van der Waals surface area contributed by atoms with Gasteiger partial charge < -0.3 is 4.74 Å². The molecule has 16 heavy (non-hydrogen) atoms. The summed E-state index contributed by atoms with van der Waals surface area (Å²) in [5, 5.41) is 8.93. The van der Waals surface area contributed by atoms with E-state index >= 15 is 0 Å². The van der Waals surface area contributed by atoms with Gasteiger partial charge >= 0.3 is 0 Å². The highest BCUT2D eigenvalue weighted by Crippen LogP contribution is 2.23. The number of ether oxygens (including phenoxy) is 1. The van der Waals surface area contributed by atoms with Crippen molar-refractivity contribution in [1.29, 1.82) is 5.26 Å². The maximum atomic E-state index is 11.5. The van der Waals surface area contributed by atoms with E-state index in [0.29, 0.717) is 17.6 Å². The number of Topliss-reactive ketones (excluding diaryl/α,β-unsaturated/α-hetero) is 1. The van der Waals surface area contributed by atoms with Crippen LogP contribution < -0.4 is 4.74 Å². The fraction of sp³-hybridized carbons (Fsp3) is 0.182. The van der Waals surface area contributed by atoms with Crippen LogP contribution in [0.1, 0.15) is 26.3 Å². The molecule has 0 bridgehead atoms. The minimum atomic E-state index is -0.204. The number of rotatable bonds is 4. The summed E-state index contributed by atoms with van der Waals surface area (Å²) in [6.07, 6.45) is 0.545. The molecule has 0 aliphatic heterocycles. The van der Waals surface area contributed by atoms with Crippen LogP contribution in [0.4, 0.5) is 0 Å². The van der Waals surface area contributed by atoms with E-state index in [1.807, 2.05) is 6.07 Å². The number of nitrogens with zero attached hydrogens (tertiary/aromatic N) is 1. The molecule has 0 spiro atoms. The maximum Gasteiger partial charge on any atom is 0.177 e. The standard InChI is InChI=1S/C11H8BrNO3/c1-16-11-3-7(5-13)8(6-14)2-9(11)10(15)4-12/h2-3,6H,4H2,1H3. The first-order valence-electron chi connectivity index (χ1n) is 4.34. The number of nitriles is 1. The molecular formula is C11H8BrNO3. The molecule has 0 fully saturated rings. The summed E-state index contributed by atoms with van der Waals surface area (Å²) in [4.78, 5) is 22.3. The largest absolute Gasteiger partial charge is 0.496 e. The predicted molar refractivity (Wildman–Crippen MR) is 61.2 cm³/mol. The molecule has 0 amide bonds. The zero-order valence-corrected chi connectivity index (χ0v) is 10.1. The summed E-state index contributed by atoms with van der Waals surface area (Å²) in [6.45, 7) is 0. The molecule has 4 nitrogen and oxygen atoms in total. The molecule has 82 valence electrons. The fourth-order valence-corrected chi connectivity index (χ4v) is 1.55. The van der Waals surface area contributed by atoms with Gasteiger partial charge in [-0.2, -0.15) is 5.26 Å². The maximum absolute atomic E-state index is 11.5. The average molecular weight is 282 g/mol. The van der Waals surface area contributed by atoms with Crippen LogP contribution in [0, 0.1) is 11.3 Å². The van der Waals surface area contributed by atoms with Crippen molar-refractivity contribution >= 4 is 28.0 Å². The van der Waals surface area contributed by atoms with E-state index in [1.165, 1.54) is 19.2 Å². The van der Waals surface area contributed by atoms with E-state index in [0.717, 1.165) is 0 Å². The minimum absolute atomic E-state index is 0.132. The van der Waals surface area contributed by atoms with Gasteiger partial charge in [-0.25, -0.2) is 0 Å². The smallest absolute Gasteiger partial charge is 0.177 e. The first kappa shape index (κ1) is 12.4. The third-order valence-electron chi connectivity index (χ3n) is 2.04. The highest BCUT2D eigenvalue weighted by atomic mass is 79.9. The van der Waals surface area contributed by atoms with Gasteiger partial charge in [0.25, 0.3) is 0 Å². The lowest BCUT2D eigenvalue weighted by molar-refractivity contribution is 0.102. The van der Waals surface area contributed by atoms with Gasteiger partial charge in [0.15, 0.2) is 12.1 Å². The fourth-order valence-electron chi connectivity index (χ4n) is 1.25. The lowest BCUT2D eigenvalue weighted by Gasteiger charge is -2.08. The number of methoxy groups -OCH3 is 1. The molecule has 1 aromatic carbocycles. The van der Waals surface area contributed by atoms with Crippen LogP contribution in [0.2, 0.25) is 0 Å². The van der Waals surface area contributed by atoms with E-state index in [4.69, 9.17) is 10.00 Å². The molecule has 1 aromatic rings. The molecule has 1 rings (SSSR count). The van der Waals surface area contributed by atoms with Crippen LogP contribution in [-0.2, 0) is 0 Å². The van der Waals surface area contributed by atoms with Gasteiger partial charge in [0.1, 0.15) is 11.8 Å². The molecule has 0 aromatic heterocycles. The normalized spacial score (nSPS) is 9.31. The van der Waals surface area contributed by atoms with Crippen LogP contribution in [0.15, 0.2) is 12.1 Å². The van der Waals surface area contributed by atoms with E-state index in [9.17, 15) is 9.59 Å². The van der Waals surface area contributed by atoms with Gasteiger partial charge in [-0.15, -0.1) is 0 Å². The summed E-state index contributed by atoms with van der Waals surface area (Å²) >= 11 is 3.04. The first-order valence-corrected chi connectivity index (χ1v) is 5.46. The Hall–Kier alpha value is -1.67. The van der Waals surface area contributed by atoms with Crippen LogP contribution in [0.5, 0.6) is 5.75 Å². The van der Waals surface area contributed by atoms with Crippen LogP contribution in [-0.4, -0.2) is 24.5 Å². The molecular weight excluding hydrogens is 274 g/mol. The molecule has 0 heterocycles. The molecule has 0 unspecified atom stereocenters. The van der Waals surface area contributed by atoms with Gasteiger partial charge in [0, 0.05) is 5.56 Å². The van der Waals surface area contributed by atoms with Gasteiger partial charge in [0.2, 0.25) is 0 Å². The molecule has 0 N–H and O–H groups in total. The summed E-state index contributed by atoms with van der Waals surface area (Å²) in [5.74, 6) is 0.0936. The highest BCUT2D eigenvalue weighted by Gasteiger charge is 2.15. The summed E-state index contributed by atoms with van der Waals surface area (Å²) in [5.41, 5.74) is 0.672. The second-order valence-electron chi connectivity index (χ2n) is 2.93. The highest BCUT2D eigenvalue weighted by molar-refractivity contribution is 9.09. The van der Waals surface area contributed by atoms with Crippen molar-refractivity contribution in [3.8, 4) is 11.8 Å². The van der Waals surface area contributed by atoms with E-state index in [1.54, 1.807) is 0 Å². The average Bonchev–Trinajstić information content (AvgIpc) is 2.35. The number of ketones is 1. The number of hydrogen-bond acceptors (Lipinski definition) is 4. The number of carbonyl (C=O) groups excluding carboxylic acids is 2. The Kier molecular flexibility index (Phi) is 4.20. The van der Waals surface area contributed by atoms with E-state index < -0.39 is 0 Å². The SMILES string of the molecule is COc1cc(C#N)c(C=O)cc1C(=O)CBr. The van der Waals surface area contributed by atoms with Gasteiger partial charge in [-0.05, 0) is 12.1 Å². The van der Waals surface area contributed by atoms with Crippen LogP contribution in [0.25, 0.3) is 0 Å². The Balaban J connectivity index is 3.44. The van der Waals surface area contributed by atoms with Crippen LogP contribution >= 0.6 is 15.9 Å². The number of halogens is 1. The third kappa shape index (κ3) is 2.28. The second-order valence-corrected chi connectivity index (χ2v) is 3.49. The summed E-state index contributed by atoms with van der Waals surface area (Å²) in [7, 11) is 1.40. The summed E-state index contributed by atoms with van der Waals surface area (Å²) < 4.78 is 5.00. The molecule has 0 aliphatic carbocycles. The van der Waals surface area contributed by atoms with Gasteiger partial charge in [-0.1, -0.05) is 15.9 Å². The zero-order chi connectivity index (χ0) is 12.1. The Morgan fingerprint density at radius 3 is 2.75 bits per heavy atom. The van der Waals surface area contributed by atoms with Crippen molar-refractivity contribution in [2.45, 2.75) is 0 Å². The topological polar surface area (TPSA) is 67.2 Å². The Morgan fingerprint density at radius 2 is 2.31 bits per heavy atom.